The Bertz CT molecular complexity index is 574. The Balaban J connectivity index is 1.72. The highest BCUT2D eigenvalue weighted by atomic mass is 35.5. The van der Waals surface area contributed by atoms with E-state index in [4.69, 9.17) is 33.7 Å². The molecule has 0 saturated carbocycles. The van der Waals surface area contributed by atoms with E-state index in [1.807, 2.05) is 11.0 Å². The van der Waals surface area contributed by atoms with Crippen LogP contribution in [0, 0.1) is 5.92 Å². The molecule has 0 spiro atoms. The third-order valence-electron chi connectivity index (χ3n) is 4.62. The van der Waals surface area contributed by atoms with Gasteiger partial charge in [-0.1, -0.05) is 23.2 Å². The average Bonchev–Trinajstić information content (AvgIpc) is 2.54. The van der Waals surface area contributed by atoms with Crippen LogP contribution in [0.3, 0.4) is 0 Å². The van der Waals surface area contributed by atoms with Gasteiger partial charge in [-0.3, -0.25) is 4.79 Å². The predicted molar refractivity (Wildman–Crippen MR) is 87.1 cm³/mol. The van der Waals surface area contributed by atoms with Crippen molar-refractivity contribution in [2.45, 2.75) is 31.8 Å². The van der Waals surface area contributed by atoms with Gasteiger partial charge in [-0.2, -0.15) is 0 Å². The molecule has 0 radical (unpaired) electrons. The molecule has 1 fully saturated rings. The normalized spacial score (nSPS) is 20.6. The Kier molecular flexibility index (Phi) is 4.93. The number of nitrogens with two attached hydrogens (primary N) is 1. The number of hydrogen-bond acceptors (Lipinski definition) is 3. The minimum atomic E-state index is -0.448. The van der Waals surface area contributed by atoms with Crippen molar-refractivity contribution in [2.24, 2.45) is 11.7 Å². The van der Waals surface area contributed by atoms with E-state index >= 15 is 0 Å². The predicted octanol–water partition coefficient (Wildman–Crippen LogP) is 2.63. The summed E-state index contributed by atoms with van der Waals surface area (Å²) >= 11 is 12.3. The van der Waals surface area contributed by atoms with E-state index in [-0.39, 0.29) is 11.8 Å². The molecule has 0 aliphatic carbocycles. The number of carbonyl (C=O) groups is 1. The van der Waals surface area contributed by atoms with Crippen LogP contribution in [-0.4, -0.2) is 36.6 Å². The fourth-order valence-electron chi connectivity index (χ4n) is 3.26. The van der Waals surface area contributed by atoms with Crippen molar-refractivity contribution in [1.29, 1.82) is 0 Å². The van der Waals surface area contributed by atoms with Crippen LogP contribution in [0.5, 0.6) is 0 Å². The SMILES string of the molecule is NC(C(=O)N1CCc2cc(Cl)cc(Cl)c2C1)C1CCOCC1. The van der Waals surface area contributed by atoms with Crippen LogP contribution in [0.25, 0.3) is 0 Å². The molecular weight excluding hydrogens is 323 g/mol. The largest absolute Gasteiger partial charge is 0.381 e. The van der Waals surface area contributed by atoms with Crippen LogP contribution in [0.15, 0.2) is 12.1 Å². The third kappa shape index (κ3) is 3.25. The van der Waals surface area contributed by atoms with E-state index < -0.39 is 6.04 Å². The molecule has 0 aromatic heterocycles. The van der Waals surface area contributed by atoms with Crippen LogP contribution < -0.4 is 5.73 Å². The molecule has 1 aromatic carbocycles. The van der Waals surface area contributed by atoms with Crippen molar-refractivity contribution < 1.29 is 9.53 Å². The lowest BCUT2D eigenvalue weighted by molar-refractivity contribution is -0.135. The van der Waals surface area contributed by atoms with Gasteiger partial charge >= 0.3 is 0 Å². The molecule has 1 amide bonds. The van der Waals surface area contributed by atoms with E-state index in [1.165, 1.54) is 0 Å². The quantitative estimate of drug-likeness (QED) is 0.898. The summed E-state index contributed by atoms with van der Waals surface area (Å²) in [6.07, 6.45) is 2.48. The van der Waals surface area contributed by atoms with Crippen LogP contribution in [-0.2, 0) is 22.5 Å². The second-order valence-electron chi connectivity index (χ2n) is 6.01. The van der Waals surface area contributed by atoms with E-state index in [0.29, 0.717) is 36.3 Å². The van der Waals surface area contributed by atoms with Crippen molar-refractivity contribution in [3.05, 3.63) is 33.3 Å². The minimum absolute atomic E-state index is 0.0172. The molecule has 3 rings (SSSR count). The first kappa shape index (κ1) is 16.1. The van der Waals surface area contributed by atoms with E-state index in [2.05, 4.69) is 0 Å². The van der Waals surface area contributed by atoms with Gasteiger partial charge < -0.3 is 15.4 Å². The van der Waals surface area contributed by atoms with Gasteiger partial charge in [0, 0.05) is 36.3 Å². The van der Waals surface area contributed by atoms with Gasteiger partial charge in [-0.25, -0.2) is 0 Å². The smallest absolute Gasteiger partial charge is 0.240 e. The molecule has 1 atom stereocenters. The molecule has 2 aliphatic rings. The Morgan fingerprint density at radius 1 is 1.32 bits per heavy atom. The highest BCUT2D eigenvalue weighted by molar-refractivity contribution is 6.35. The molecule has 120 valence electrons. The zero-order valence-electron chi connectivity index (χ0n) is 12.4. The van der Waals surface area contributed by atoms with E-state index in [1.54, 1.807) is 6.07 Å². The van der Waals surface area contributed by atoms with E-state index in [0.717, 1.165) is 30.4 Å². The van der Waals surface area contributed by atoms with Gasteiger partial charge in [0.1, 0.15) is 0 Å². The minimum Gasteiger partial charge on any atom is -0.381 e. The van der Waals surface area contributed by atoms with Crippen molar-refractivity contribution in [3.63, 3.8) is 0 Å². The van der Waals surface area contributed by atoms with Crippen LogP contribution in [0.1, 0.15) is 24.0 Å². The van der Waals surface area contributed by atoms with E-state index in [9.17, 15) is 4.79 Å². The van der Waals surface area contributed by atoms with Crippen molar-refractivity contribution in [3.8, 4) is 0 Å². The number of rotatable bonds is 2. The summed E-state index contributed by atoms with van der Waals surface area (Å²) in [5.74, 6) is 0.229. The first-order valence-electron chi connectivity index (χ1n) is 7.65. The molecule has 22 heavy (non-hydrogen) atoms. The lowest BCUT2D eigenvalue weighted by Gasteiger charge is -2.34. The monoisotopic (exact) mass is 342 g/mol. The van der Waals surface area contributed by atoms with Crippen molar-refractivity contribution >= 4 is 29.1 Å². The molecule has 6 heteroatoms. The first-order chi connectivity index (χ1) is 10.6. The lowest BCUT2D eigenvalue weighted by Crippen LogP contribution is -2.50. The zero-order valence-corrected chi connectivity index (χ0v) is 13.9. The zero-order chi connectivity index (χ0) is 15.7. The summed E-state index contributed by atoms with van der Waals surface area (Å²) in [4.78, 5) is 14.5. The molecule has 1 aromatic rings. The van der Waals surface area contributed by atoms with Crippen LogP contribution in [0.4, 0.5) is 0 Å². The number of carbonyl (C=O) groups excluding carboxylic acids is 1. The van der Waals surface area contributed by atoms with Gasteiger partial charge in [-0.05, 0) is 48.4 Å². The molecule has 2 aliphatic heterocycles. The number of halogens is 2. The molecular formula is C16H20Cl2N2O2. The fraction of sp³-hybridized carbons (Fsp3) is 0.562. The summed E-state index contributed by atoms with van der Waals surface area (Å²) in [7, 11) is 0. The average molecular weight is 343 g/mol. The van der Waals surface area contributed by atoms with Gasteiger partial charge in [-0.15, -0.1) is 0 Å². The number of ether oxygens (including phenoxy) is 1. The maximum atomic E-state index is 12.7. The highest BCUT2D eigenvalue weighted by Gasteiger charge is 2.32. The number of fused-ring (bicyclic) bond motifs is 1. The molecule has 0 bridgehead atoms. The van der Waals surface area contributed by atoms with Crippen LogP contribution in [0.2, 0.25) is 10.0 Å². The number of hydrogen-bond donors (Lipinski definition) is 1. The number of benzene rings is 1. The van der Waals surface area contributed by atoms with Crippen molar-refractivity contribution in [2.75, 3.05) is 19.8 Å². The van der Waals surface area contributed by atoms with Gasteiger partial charge in [0.2, 0.25) is 5.91 Å². The van der Waals surface area contributed by atoms with Gasteiger partial charge in [0.25, 0.3) is 0 Å². The third-order valence-corrected chi connectivity index (χ3v) is 5.18. The Morgan fingerprint density at radius 2 is 2.05 bits per heavy atom. The van der Waals surface area contributed by atoms with Crippen LogP contribution >= 0.6 is 23.2 Å². The second-order valence-corrected chi connectivity index (χ2v) is 6.85. The second kappa shape index (κ2) is 6.75. The lowest BCUT2D eigenvalue weighted by atomic mass is 9.90. The van der Waals surface area contributed by atoms with Gasteiger partial charge in [0.05, 0.1) is 6.04 Å². The van der Waals surface area contributed by atoms with Crippen molar-refractivity contribution in [1.82, 2.24) is 4.90 Å². The Labute approximate surface area is 140 Å². The molecule has 2 heterocycles. The summed E-state index contributed by atoms with van der Waals surface area (Å²) in [5.41, 5.74) is 8.32. The molecule has 4 nitrogen and oxygen atoms in total. The molecule has 1 unspecified atom stereocenters. The maximum Gasteiger partial charge on any atom is 0.240 e. The topological polar surface area (TPSA) is 55.6 Å². The summed E-state index contributed by atoms with van der Waals surface area (Å²) in [6, 6.07) is 3.22. The number of nitrogens with zero attached hydrogens (tertiary/aromatic N) is 1. The maximum absolute atomic E-state index is 12.7. The summed E-state index contributed by atoms with van der Waals surface area (Å²) in [6.45, 7) is 2.57. The number of amides is 1. The molecule has 1 saturated heterocycles. The summed E-state index contributed by atoms with van der Waals surface area (Å²) in [5, 5.41) is 1.27. The highest BCUT2D eigenvalue weighted by Crippen LogP contribution is 2.30. The molecule has 2 N–H and O–H groups in total. The first-order valence-corrected chi connectivity index (χ1v) is 8.41. The fourth-order valence-corrected chi connectivity index (χ4v) is 3.85. The van der Waals surface area contributed by atoms with Gasteiger partial charge in [0.15, 0.2) is 0 Å². The Hall–Kier alpha value is -0.810. The Morgan fingerprint density at radius 3 is 2.77 bits per heavy atom. The standard InChI is InChI=1S/C16H20Cl2N2O2/c17-12-7-11-1-4-20(9-13(11)14(18)8-12)16(21)15(19)10-2-5-22-6-3-10/h7-8,10,15H,1-6,9,19H2. The summed E-state index contributed by atoms with van der Waals surface area (Å²) < 4.78 is 5.34.